The summed E-state index contributed by atoms with van der Waals surface area (Å²) in [4.78, 5) is 11.7. The van der Waals surface area contributed by atoms with Gasteiger partial charge in [0.1, 0.15) is 91.6 Å². The van der Waals surface area contributed by atoms with E-state index in [-0.39, 0.29) is 6.61 Å². The Morgan fingerprint density at radius 3 is 1.58 bits per heavy atom. The van der Waals surface area contributed by atoms with Crippen LogP contribution in [0.5, 0.6) is 0 Å². The Kier molecular flexibility index (Phi) is 16.2. The minimum atomic E-state index is -2.17. The zero-order valence-electron chi connectivity index (χ0n) is 27.8. The lowest BCUT2D eigenvalue weighted by Gasteiger charge is -2.50. The van der Waals surface area contributed by atoms with E-state index in [0.29, 0.717) is 19.4 Å². The van der Waals surface area contributed by atoms with Gasteiger partial charge in [-0.1, -0.05) is 0 Å². The molecule has 20 atom stereocenters. The van der Waals surface area contributed by atoms with Crippen molar-refractivity contribution >= 4 is 5.97 Å². The predicted molar refractivity (Wildman–Crippen MR) is 161 cm³/mol. The van der Waals surface area contributed by atoms with Crippen molar-refractivity contribution < 1.29 is 109 Å². The first-order chi connectivity index (χ1) is 24.7. The molecule has 0 bridgehead atoms. The van der Waals surface area contributed by atoms with Crippen LogP contribution in [0.4, 0.5) is 0 Å². The van der Waals surface area contributed by atoms with E-state index in [1.54, 1.807) is 0 Å². The van der Waals surface area contributed by atoms with Crippen LogP contribution < -0.4 is 5.73 Å². The van der Waals surface area contributed by atoms with E-state index in [1.165, 1.54) is 0 Å². The van der Waals surface area contributed by atoms with Gasteiger partial charge in [0.2, 0.25) is 0 Å². The van der Waals surface area contributed by atoms with Gasteiger partial charge in [0.15, 0.2) is 31.3 Å². The van der Waals surface area contributed by atoms with Crippen LogP contribution in [0.15, 0.2) is 0 Å². The second-order valence-electron chi connectivity index (χ2n) is 12.9. The molecule has 4 aliphatic rings. The van der Waals surface area contributed by atoms with Gasteiger partial charge in [-0.3, -0.25) is 0 Å². The summed E-state index contributed by atoms with van der Waals surface area (Å²) in [6, 6.07) is 0. The number of hydrogen-bond donors (Lipinski definition) is 14. The molecule has 52 heavy (non-hydrogen) atoms. The largest absolute Gasteiger partial charge is 0.479 e. The molecule has 4 heterocycles. The molecule has 15 N–H and O–H groups in total. The highest BCUT2D eigenvalue weighted by Gasteiger charge is 2.56. The van der Waals surface area contributed by atoms with Crippen molar-refractivity contribution in [3.8, 4) is 0 Å². The first-order valence-corrected chi connectivity index (χ1v) is 16.8. The van der Waals surface area contributed by atoms with Crippen LogP contribution in [0.25, 0.3) is 0 Å². The van der Waals surface area contributed by atoms with Crippen molar-refractivity contribution in [1.82, 2.24) is 0 Å². The van der Waals surface area contributed by atoms with Crippen LogP contribution in [0.1, 0.15) is 19.3 Å². The molecule has 304 valence electrons. The number of hydrogen-bond acceptors (Lipinski definition) is 22. The van der Waals surface area contributed by atoms with E-state index in [0.717, 1.165) is 6.42 Å². The average molecular weight is 766 g/mol. The topological polar surface area (TPSA) is 380 Å². The molecule has 0 spiro atoms. The molecule has 0 aromatic carbocycles. The van der Waals surface area contributed by atoms with Crippen molar-refractivity contribution in [2.75, 3.05) is 33.0 Å². The Hall–Kier alpha value is -1.37. The van der Waals surface area contributed by atoms with Crippen molar-refractivity contribution in [3.63, 3.8) is 0 Å². The minimum Gasteiger partial charge on any atom is -0.479 e. The number of aliphatic carboxylic acids is 1. The molecular formula is C29H51NO22. The van der Waals surface area contributed by atoms with E-state index in [2.05, 4.69) is 0 Å². The van der Waals surface area contributed by atoms with E-state index < -0.39 is 149 Å². The maximum atomic E-state index is 11.7. The summed E-state index contributed by atoms with van der Waals surface area (Å²) in [5.41, 5.74) is 5.48. The van der Waals surface area contributed by atoms with Crippen molar-refractivity contribution in [1.29, 1.82) is 0 Å². The van der Waals surface area contributed by atoms with Crippen molar-refractivity contribution in [2.24, 2.45) is 5.73 Å². The summed E-state index contributed by atoms with van der Waals surface area (Å²) in [6.07, 6.45) is -35.7. The number of carbonyl (C=O) groups is 1. The molecule has 4 aliphatic heterocycles. The molecule has 4 fully saturated rings. The zero-order chi connectivity index (χ0) is 38.4. The third-order valence-electron chi connectivity index (χ3n) is 9.28. The molecule has 0 unspecified atom stereocenters. The second kappa shape index (κ2) is 19.5. The summed E-state index contributed by atoms with van der Waals surface area (Å²) in [5.74, 6) is -1.78. The molecule has 0 saturated carbocycles. The highest BCUT2D eigenvalue weighted by Crippen LogP contribution is 2.35. The van der Waals surface area contributed by atoms with Crippen LogP contribution in [0.2, 0.25) is 0 Å². The number of aliphatic hydroxyl groups is 12. The van der Waals surface area contributed by atoms with E-state index in [9.17, 15) is 71.2 Å². The highest BCUT2D eigenvalue weighted by molar-refractivity contribution is 5.73. The smallest absolute Gasteiger partial charge is 0.335 e. The maximum Gasteiger partial charge on any atom is 0.335 e. The van der Waals surface area contributed by atoms with Gasteiger partial charge in [0.05, 0.1) is 19.8 Å². The van der Waals surface area contributed by atoms with Gasteiger partial charge in [-0.25, -0.2) is 4.79 Å². The minimum absolute atomic E-state index is 0.110. The monoisotopic (exact) mass is 765 g/mol. The molecule has 0 aromatic rings. The molecule has 0 amide bonds. The van der Waals surface area contributed by atoms with Crippen LogP contribution >= 0.6 is 0 Å². The standard InChI is InChI=1S/C29H51NO22/c30-4-2-1-3-5-45-26-19(41)16(38)21(10(7-32)47-26)49-29-20(42)23(51-28-18(40)14(36)15(37)24(52-28)25(43)44)22(11(8-33)48-29)50-27-17(39)13(35)12(34)9(6-31)46-27/h9-24,26-29,31-42H,1-8,30H2,(H,43,44)/t9-,10-,11-,12-,13+,14+,15+,16-,17-,18-,19-,20+,21-,22-,23-,24+,26+,27+,28+,29+/m1/s1. The molecule has 0 aromatic heterocycles. The number of ether oxygens (including phenoxy) is 8. The zero-order valence-corrected chi connectivity index (χ0v) is 27.8. The van der Waals surface area contributed by atoms with E-state index >= 15 is 0 Å². The SMILES string of the molecule is NCCCCCO[C@H]1O[C@H](CO)[C@@H](O[C@@H]2O[C@H](CO)[C@@H](O[C@@H]3O[C@H](CO)[C@@H](O)[C@H](O)[C@H]3O)[C@H](O[C@H]3O[C@H](C(=O)O)[C@@H](O)[C@H](O)[C@H]3O)[C@@H]2O)[C@H](O)[C@H]1O. The van der Waals surface area contributed by atoms with E-state index in [4.69, 9.17) is 43.6 Å². The summed E-state index contributed by atoms with van der Waals surface area (Å²) < 4.78 is 44.6. The highest BCUT2D eigenvalue weighted by atomic mass is 16.8. The fourth-order valence-electron chi connectivity index (χ4n) is 6.26. The van der Waals surface area contributed by atoms with Gasteiger partial charge in [0, 0.05) is 6.61 Å². The lowest BCUT2D eigenvalue weighted by Crippen LogP contribution is -2.68. The first-order valence-electron chi connectivity index (χ1n) is 16.8. The molecule has 0 radical (unpaired) electrons. The maximum absolute atomic E-state index is 11.7. The quantitative estimate of drug-likeness (QED) is 0.0649. The number of unbranched alkanes of at least 4 members (excludes halogenated alkanes) is 2. The molecule has 4 saturated heterocycles. The van der Waals surface area contributed by atoms with Crippen LogP contribution in [-0.2, 0) is 42.7 Å². The van der Waals surface area contributed by atoms with Crippen LogP contribution in [0, 0.1) is 0 Å². The molecule has 23 nitrogen and oxygen atoms in total. The average Bonchev–Trinajstić information content (AvgIpc) is 3.12. The predicted octanol–water partition coefficient (Wildman–Crippen LogP) is -8.50. The summed E-state index contributed by atoms with van der Waals surface area (Å²) >= 11 is 0. The van der Waals surface area contributed by atoms with Gasteiger partial charge in [-0.2, -0.15) is 0 Å². The number of nitrogens with two attached hydrogens (primary N) is 1. The first kappa shape index (κ1) is 43.4. The molecule has 4 rings (SSSR count). The Labute approximate surface area is 296 Å². The Morgan fingerprint density at radius 2 is 0.981 bits per heavy atom. The van der Waals surface area contributed by atoms with Crippen molar-refractivity contribution in [2.45, 2.75) is 142 Å². The summed E-state index contributed by atoms with van der Waals surface area (Å²) in [7, 11) is 0. The molecule has 23 heteroatoms. The number of rotatable bonds is 16. The fourth-order valence-corrected chi connectivity index (χ4v) is 6.26. The number of aliphatic hydroxyl groups excluding tert-OH is 12. The third kappa shape index (κ3) is 9.52. The Morgan fingerprint density at radius 1 is 0.500 bits per heavy atom. The fraction of sp³-hybridized carbons (Fsp3) is 0.966. The third-order valence-corrected chi connectivity index (χ3v) is 9.28. The van der Waals surface area contributed by atoms with Gasteiger partial charge in [-0.15, -0.1) is 0 Å². The van der Waals surface area contributed by atoms with Crippen molar-refractivity contribution in [3.05, 3.63) is 0 Å². The molecule has 0 aliphatic carbocycles. The number of carboxylic acids is 1. The lowest BCUT2D eigenvalue weighted by molar-refractivity contribution is -0.398. The lowest BCUT2D eigenvalue weighted by atomic mass is 9.95. The Bertz CT molecular complexity index is 1090. The molecular weight excluding hydrogens is 714 g/mol. The second-order valence-corrected chi connectivity index (χ2v) is 12.9. The van der Waals surface area contributed by atoms with Gasteiger partial charge >= 0.3 is 5.97 Å². The Balaban J connectivity index is 1.60. The van der Waals surface area contributed by atoms with Gasteiger partial charge < -0.3 is 110 Å². The normalized spacial score (nSPS) is 47.3. The van der Waals surface area contributed by atoms with E-state index in [1.807, 2.05) is 0 Å². The van der Waals surface area contributed by atoms with Crippen LogP contribution in [-0.4, -0.2) is 228 Å². The van der Waals surface area contributed by atoms with Gasteiger partial charge in [-0.05, 0) is 25.8 Å². The summed E-state index contributed by atoms with van der Waals surface area (Å²) in [5, 5.41) is 135. The number of carboxylic acid groups (broad SMARTS) is 1. The van der Waals surface area contributed by atoms with Gasteiger partial charge in [0.25, 0.3) is 0 Å². The van der Waals surface area contributed by atoms with Crippen LogP contribution in [0.3, 0.4) is 0 Å². The summed E-state index contributed by atoms with van der Waals surface area (Å²) in [6.45, 7) is -2.10.